The zero-order chi connectivity index (χ0) is 25.6. The maximum absolute atomic E-state index is 6.33. The number of thiazole rings is 1. The minimum atomic E-state index is -0.170. The molecule has 0 aliphatic carbocycles. The number of hydrogen-bond donors (Lipinski definition) is 0. The number of likely N-dealkylation sites (tertiary alicyclic amines) is 1. The molecule has 198 valence electrons. The maximum atomic E-state index is 6.33. The molecule has 3 heterocycles. The van der Waals surface area contributed by atoms with Crippen LogP contribution in [0.25, 0.3) is 10.2 Å². The van der Waals surface area contributed by atoms with Crippen LogP contribution in [0.15, 0.2) is 78.9 Å². The SMILES string of the molecule is c1ccc(C2Oc3ccccc3OC2COCCCCCN2CCC(c3nc4ccccc4s3)CC2)cc1. The third-order valence-electron chi connectivity index (χ3n) is 7.64. The standard InChI is InChI=1S/C32H36N2O3S/c1-3-11-24(12-4-1)31-29(36-27-14-6-7-15-28(27)37-31)23-35-22-10-2-9-19-34-20-17-25(18-21-34)32-33-26-13-5-8-16-30(26)38-32/h1,3-8,11-16,25,29,31H,2,9-10,17-23H2. The van der Waals surface area contributed by atoms with Crippen molar-refractivity contribution in [3.63, 3.8) is 0 Å². The van der Waals surface area contributed by atoms with E-state index in [9.17, 15) is 0 Å². The Bertz CT molecular complexity index is 1270. The van der Waals surface area contributed by atoms with Crippen LogP contribution < -0.4 is 9.47 Å². The number of nitrogens with zero attached hydrogens (tertiary/aromatic N) is 2. The summed E-state index contributed by atoms with van der Waals surface area (Å²) in [5.41, 5.74) is 2.27. The van der Waals surface area contributed by atoms with E-state index in [0.29, 0.717) is 12.5 Å². The van der Waals surface area contributed by atoms with Crippen molar-refractivity contribution in [1.29, 1.82) is 0 Å². The van der Waals surface area contributed by atoms with E-state index in [2.05, 4.69) is 41.3 Å². The van der Waals surface area contributed by atoms with Crippen LogP contribution >= 0.6 is 11.3 Å². The van der Waals surface area contributed by atoms with Crippen LogP contribution in [0.4, 0.5) is 0 Å². The van der Waals surface area contributed by atoms with Gasteiger partial charge in [-0.15, -0.1) is 11.3 Å². The highest BCUT2D eigenvalue weighted by molar-refractivity contribution is 7.18. The molecule has 38 heavy (non-hydrogen) atoms. The van der Waals surface area contributed by atoms with Gasteiger partial charge in [0.15, 0.2) is 23.7 Å². The van der Waals surface area contributed by atoms with E-state index in [0.717, 1.165) is 35.6 Å². The van der Waals surface area contributed by atoms with E-state index in [1.807, 2.05) is 53.8 Å². The van der Waals surface area contributed by atoms with Gasteiger partial charge in [-0.2, -0.15) is 0 Å². The summed E-state index contributed by atoms with van der Waals surface area (Å²) in [5.74, 6) is 2.21. The van der Waals surface area contributed by atoms with Crippen molar-refractivity contribution in [3.05, 3.63) is 89.4 Å². The second-order valence-corrected chi connectivity index (χ2v) is 11.4. The summed E-state index contributed by atoms with van der Waals surface area (Å²) < 4.78 is 20.0. The fraction of sp³-hybridized carbons (Fsp3) is 0.406. The molecule has 0 saturated carbocycles. The van der Waals surface area contributed by atoms with Crippen LogP contribution in [-0.2, 0) is 4.74 Å². The first-order chi connectivity index (χ1) is 18.8. The number of ether oxygens (including phenoxy) is 3. The van der Waals surface area contributed by atoms with Crippen molar-refractivity contribution >= 4 is 21.6 Å². The highest BCUT2D eigenvalue weighted by Crippen LogP contribution is 2.39. The zero-order valence-electron chi connectivity index (χ0n) is 21.8. The van der Waals surface area contributed by atoms with Crippen molar-refractivity contribution in [2.75, 3.05) is 32.8 Å². The molecule has 1 fully saturated rings. The highest BCUT2D eigenvalue weighted by Gasteiger charge is 2.33. The van der Waals surface area contributed by atoms with Gasteiger partial charge in [0.25, 0.3) is 0 Å². The Morgan fingerprint density at radius 2 is 1.55 bits per heavy atom. The van der Waals surface area contributed by atoms with Gasteiger partial charge >= 0.3 is 0 Å². The number of aromatic nitrogens is 1. The van der Waals surface area contributed by atoms with E-state index in [1.54, 1.807) is 0 Å². The van der Waals surface area contributed by atoms with Crippen molar-refractivity contribution in [1.82, 2.24) is 9.88 Å². The first kappa shape index (κ1) is 25.4. The number of para-hydroxylation sites is 3. The average molecular weight is 529 g/mol. The van der Waals surface area contributed by atoms with Crippen LogP contribution in [0.1, 0.15) is 54.7 Å². The third-order valence-corrected chi connectivity index (χ3v) is 8.84. The first-order valence-electron chi connectivity index (χ1n) is 14.0. The number of piperidine rings is 1. The Labute approximate surface area is 229 Å². The molecule has 5 nitrogen and oxygen atoms in total. The van der Waals surface area contributed by atoms with E-state index in [-0.39, 0.29) is 12.2 Å². The van der Waals surface area contributed by atoms with Gasteiger partial charge in [-0.1, -0.05) is 54.6 Å². The molecule has 6 rings (SSSR count). The topological polar surface area (TPSA) is 43.8 Å². The minimum Gasteiger partial charge on any atom is -0.480 e. The monoisotopic (exact) mass is 528 g/mol. The third kappa shape index (κ3) is 6.04. The van der Waals surface area contributed by atoms with Gasteiger partial charge in [0, 0.05) is 12.5 Å². The van der Waals surface area contributed by atoms with Gasteiger partial charge in [-0.05, 0) is 81.6 Å². The predicted octanol–water partition coefficient (Wildman–Crippen LogP) is 7.24. The molecule has 2 unspecified atom stereocenters. The van der Waals surface area contributed by atoms with Gasteiger partial charge < -0.3 is 19.1 Å². The summed E-state index contributed by atoms with van der Waals surface area (Å²) in [5, 5.41) is 1.33. The number of fused-ring (bicyclic) bond motifs is 2. The van der Waals surface area contributed by atoms with Crippen molar-refractivity contribution < 1.29 is 14.2 Å². The Hall–Kier alpha value is -2.93. The van der Waals surface area contributed by atoms with Crippen molar-refractivity contribution in [2.45, 2.75) is 50.2 Å². The molecule has 6 heteroatoms. The predicted molar refractivity (Wildman–Crippen MR) is 153 cm³/mol. The van der Waals surface area contributed by atoms with Crippen molar-refractivity contribution in [3.8, 4) is 11.5 Å². The lowest BCUT2D eigenvalue weighted by Crippen LogP contribution is -2.37. The summed E-state index contributed by atoms with van der Waals surface area (Å²) in [4.78, 5) is 7.53. The molecule has 0 radical (unpaired) electrons. The largest absolute Gasteiger partial charge is 0.480 e. The van der Waals surface area contributed by atoms with Gasteiger partial charge in [0.1, 0.15) is 0 Å². The second kappa shape index (κ2) is 12.3. The number of hydrogen-bond acceptors (Lipinski definition) is 6. The lowest BCUT2D eigenvalue weighted by Gasteiger charge is -2.34. The molecule has 2 atom stereocenters. The second-order valence-electron chi connectivity index (χ2n) is 10.3. The Morgan fingerprint density at radius 3 is 2.37 bits per heavy atom. The minimum absolute atomic E-state index is 0.163. The smallest absolute Gasteiger partial charge is 0.163 e. The van der Waals surface area contributed by atoms with Crippen LogP contribution in [0.5, 0.6) is 11.5 Å². The van der Waals surface area contributed by atoms with E-state index in [1.165, 1.54) is 55.0 Å². The summed E-state index contributed by atoms with van der Waals surface area (Å²) >= 11 is 1.88. The molecule has 3 aromatic carbocycles. The quantitative estimate of drug-likeness (QED) is 0.203. The number of rotatable bonds is 10. The Balaban J connectivity index is 0.899. The normalized spacial score (nSPS) is 20.1. The fourth-order valence-corrected chi connectivity index (χ4v) is 6.65. The summed E-state index contributed by atoms with van der Waals surface area (Å²) in [6.07, 6.45) is 5.59. The number of benzene rings is 3. The molecule has 1 saturated heterocycles. The molecule has 2 aliphatic rings. The molecular formula is C32H36N2O3S. The molecule has 0 N–H and O–H groups in total. The molecule has 2 aliphatic heterocycles. The van der Waals surface area contributed by atoms with Crippen molar-refractivity contribution in [2.24, 2.45) is 0 Å². The lowest BCUT2D eigenvalue weighted by molar-refractivity contribution is -0.0361. The van der Waals surface area contributed by atoms with E-state index >= 15 is 0 Å². The summed E-state index contributed by atoms with van der Waals surface area (Å²) in [7, 11) is 0. The molecule has 0 amide bonds. The average Bonchev–Trinajstić information content (AvgIpc) is 3.41. The Kier molecular flexibility index (Phi) is 8.20. The summed E-state index contributed by atoms with van der Waals surface area (Å²) in [6, 6.07) is 26.7. The van der Waals surface area contributed by atoms with Crippen LogP contribution in [0, 0.1) is 0 Å². The van der Waals surface area contributed by atoms with Gasteiger partial charge in [0.2, 0.25) is 0 Å². The maximum Gasteiger partial charge on any atom is 0.163 e. The van der Waals surface area contributed by atoms with Gasteiger partial charge in [-0.25, -0.2) is 4.98 Å². The van der Waals surface area contributed by atoms with E-state index < -0.39 is 0 Å². The zero-order valence-corrected chi connectivity index (χ0v) is 22.7. The molecular weight excluding hydrogens is 492 g/mol. The number of unbranched alkanes of at least 4 members (excludes halogenated alkanes) is 2. The Morgan fingerprint density at radius 1 is 0.816 bits per heavy atom. The van der Waals surface area contributed by atoms with Crippen LogP contribution in [-0.4, -0.2) is 48.8 Å². The molecule has 0 spiro atoms. The first-order valence-corrected chi connectivity index (χ1v) is 14.8. The fourth-order valence-electron chi connectivity index (χ4n) is 5.51. The molecule has 4 aromatic rings. The van der Waals surface area contributed by atoms with Crippen LogP contribution in [0.2, 0.25) is 0 Å². The van der Waals surface area contributed by atoms with E-state index in [4.69, 9.17) is 19.2 Å². The van der Waals surface area contributed by atoms with Crippen LogP contribution in [0.3, 0.4) is 0 Å². The van der Waals surface area contributed by atoms with Gasteiger partial charge in [0.05, 0.1) is 21.8 Å². The molecule has 1 aromatic heterocycles. The molecule has 0 bridgehead atoms. The summed E-state index contributed by atoms with van der Waals surface area (Å²) in [6.45, 7) is 4.81. The lowest BCUT2D eigenvalue weighted by atomic mass is 9.97. The van der Waals surface area contributed by atoms with Gasteiger partial charge in [-0.3, -0.25) is 0 Å². The highest BCUT2D eigenvalue weighted by atomic mass is 32.1.